The predicted octanol–water partition coefficient (Wildman–Crippen LogP) is 3.64. The number of Topliss-reactive ketones (excluding diaryl/α,β-unsaturated/α-hetero) is 1. The smallest absolute Gasteiger partial charge is 0.136 e. The van der Waals surface area contributed by atoms with Crippen molar-refractivity contribution < 1.29 is 4.79 Å². The van der Waals surface area contributed by atoms with Gasteiger partial charge in [0.15, 0.2) is 0 Å². The van der Waals surface area contributed by atoms with Gasteiger partial charge in [-0.3, -0.25) is 4.79 Å². The maximum absolute atomic E-state index is 12.0. The van der Waals surface area contributed by atoms with Crippen LogP contribution in [0.5, 0.6) is 0 Å². The average molecular weight is 241 g/mol. The van der Waals surface area contributed by atoms with Crippen molar-refractivity contribution in [2.24, 2.45) is 5.92 Å². The molecule has 2 nitrogen and oxygen atoms in total. The van der Waals surface area contributed by atoms with E-state index in [0.717, 1.165) is 25.7 Å². The van der Waals surface area contributed by atoms with Gasteiger partial charge in [-0.2, -0.15) is 5.26 Å². The van der Waals surface area contributed by atoms with Gasteiger partial charge in [-0.05, 0) is 37.0 Å². The first-order valence-electron chi connectivity index (χ1n) is 6.81. The van der Waals surface area contributed by atoms with E-state index in [1.807, 2.05) is 24.3 Å². The van der Waals surface area contributed by atoms with Crippen LogP contribution in [0.2, 0.25) is 0 Å². The molecule has 0 radical (unpaired) electrons. The Bertz CT molecular complexity index is 441. The summed E-state index contributed by atoms with van der Waals surface area (Å²) in [6.45, 7) is 0. The zero-order valence-electron chi connectivity index (χ0n) is 10.7. The summed E-state index contributed by atoms with van der Waals surface area (Å²) in [4.78, 5) is 12.0. The number of hydrogen-bond donors (Lipinski definition) is 0. The van der Waals surface area contributed by atoms with Crippen molar-refractivity contribution in [1.29, 1.82) is 5.26 Å². The Labute approximate surface area is 109 Å². The molecule has 1 aromatic carbocycles. The first kappa shape index (κ1) is 12.8. The minimum absolute atomic E-state index is 0.193. The van der Waals surface area contributed by atoms with Crippen molar-refractivity contribution in [2.75, 3.05) is 0 Å². The van der Waals surface area contributed by atoms with Crippen molar-refractivity contribution in [1.82, 2.24) is 0 Å². The van der Waals surface area contributed by atoms with Crippen molar-refractivity contribution in [2.45, 2.75) is 44.9 Å². The second-order valence-corrected chi connectivity index (χ2v) is 5.13. The maximum atomic E-state index is 12.0. The SMILES string of the molecule is N#Cc1ccc(CC2CCCCCCC2=O)cc1. The second-order valence-electron chi connectivity index (χ2n) is 5.13. The number of hydrogen-bond acceptors (Lipinski definition) is 2. The van der Waals surface area contributed by atoms with Gasteiger partial charge in [0.25, 0.3) is 0 Å². The number of carbonyl (C=O) groups excluding carboxylic acids is 1. The van der Waals surface area contributed by atoms with E-state index >= 15 is 0 Å². The third-order valence-electron chi connectivity index (χ3n) is 3.75. The van der Waals surface area contributed by atoms with Crippen LogP contribution in [0.3, 0.4) is 0 Å². The molecule has 0 heterocycles. The lowest BCUT2D eigenvalue weighted by atomic mass is 9.85. The molecule has 1 aliphatic carbocycles. The monoisotopic (exact) mass is 241 g/mol. The molecule has 0 aliphatic heterocycles. The van der Waals surface area contributed by atoms with Gasteiger partial charge in [0.1, 0.15) is 5.78 Å². The molecular formula is C16H19NO. The quantitative estimate of drug-likeness (QED) is 0.793. The van der Waals surface area contributed by atoms with E-state index in [1.54, 1.807) is 0 Å². The summed E-state index contributed by atoms with van der Waals surface area (Å²) < 4.78 is 0. The van der Waals surface area contributed by atoms with Gasteiger partial charge in [-0.1, -0.05) is 31.4 Å². The topological polar surface area (TPSA) is 40.9 Å². The normalized spacial score (nSPS) is 20.8. The Hall–Kier alpha value is -1.62. The summed E-state index contributed by atoms with van der Waals surface area (Å²) in [6.07, 6.45) is 7.31. The molecule has 1 fully saturated rings. The highest BCUT2D eigenvalue weighted by Gasteiger charge is 2.19. The number of benzene rings is 1. The summed E-state index contributed by atoms with van der Waals surface area (Å²) in [7, 11) is 0. The Morgan fingerprint density at radius 3 is 2.56 bits per heavy atom. The fourth-order valence-electron chi connectivity index (χ4n) is 2.62. The van der Waals surface area contributed by atoms with E-state index in [2.05, 4.69) is 6.07 Å². The van der Waals surface area contributed by atoms with Crippen LogP contribution < -0.4 is 0 Å². The maximum Gasteiger partial charge on any atom is 0.136 e. The van der Waals surface area contributed by atoms with E-state index in [9.17, 15) is 4.79 Å². The molecule has 2 rings (SSSR count). The molecule has 1 aromatic rings. The second kappa shape index (κ2) is 6.35. The van der Waals surface area contributed by atoms with Gasteiger partial charge >= 0.3 is 0 Å². The Morgan fingerprint density at radius 1 is 1.11 bits per heavy atom. The highest BCUT2D eigenvalue weighted by molar-refractivity contribution is 5.81. The molecule has 2 heteroatoms. The Balaban J connectivity index is 2.01. The number of carbonyl (C=O) groups is 1. The molecule has 1 aliphatic rings. The Morgan fingerprint density at radius 2 is 1.83 bits per heavy atom. The van der Waals surface area contributed by atoms with Gasteiger partial charge in [-0.15, -0.1) is 0 Å². The van der Waals surface area contributed by atoms with Crippen LogP contribution in [0.1, 0.15) is 49.7 Å². The van der Waals surface area contributed by atoms with Gasteiger partial charge in [0.2, 0.25) is 0 Å². The summed E-state index contributed by atoms with van der Waals surface area (Å²) in [5.41, 5.74) is 1.86. The van der Waals surface area contributed by atoms with Crippen LogP contribution in [0.15, 0.2) is 24.3 Å². The zero-order chi connectivity index (χ0) is 12.8. The van der Waals surface area contributed by atoms with Crippen LogP contribution in [-0.4, -0.2) is 5.78 Å². The van der Waals surface area contributed by atoms with Crippen molar-refractivity contribution in [3.05, 3.63) is 35.4 Å². The van der Waals surface area contributed by atoms with Crippen LogP contribution >= 0.6 is 0 Å². The number of rotatable bonds is 2. The molecular weight excluding hydrogens is 222 g/mol. The molecule has 0 N–H and O–H groups in total. The molecule has 0 amide bonds. The summed E-state index contributed by atoms with van der Waals surface area (Å²) in [5.74, 6) is 0.622. The minimum Gasteiger partial charge on any atom is -0.299 e. The number of nitriles is 1. The highest BCUT2D eigenvalue weighted by Crippen LogP contribution is 2.23. The van der Waals surface area contributed by atoms with Crippen molar-refractivity contribution >= 4 is 5.78 Å². The molecule has 1 saturated carbocycles. The van der Waals surface area contributed by atoms with Crippen molar-refractivity contribution in [3.8, 4) is 6.07 Å². The molecule has 0 saturated heterocycles. The summed E-state index contributed by atoms with van der Waals surface area (Å²) in [5, 5.41) is 8.76. The van der Waals surface area contributed by atoms with Gasteiger partial charge < -0.3 is 0 Å². The summed E-state index contributed by atoms with van der Waals surface area (Å²) in [6, 6.07) is 9.74. The zero-order valence-corrected chi connectivity index (χ0v) is 10.7. The standard InChI is InChI=1S/C16H19NO/c17-12-14-9-7-13(8-10-14)11-15-5-3-1-2-4-6-16(15)18/h7-10,15H,1-6,11H2. The lowest BCUT2D eigenvalue weighted by molar-refractivity contribution is -0.123. The third-order valence-corrected chi connectivity index (χ3v) is 3.75. The van der Waals surface area contributed by atoms with E-state index in [0.29, 0.717) is 11.3 Å². The highest BCUT2D eigenvalue weighted by atomic mass is 16.1. The van der Waals surface area contributed by atoms with Gasteiger partial charge in [0, 0.05) is 12.3 Å². The van der Waals surface area contributed by atoms with Crippen LogP contribution in [0.4, 0.5) is 0 Å². The first-order chi connectivity index (χ1) is 8.79. The van der Waals surface area contributed by atoms with E-state index in [-0.39, 0.29) is 5.92 Å². The van der Waals surface area contributed by atoms with E-state index in [4.69, 9.17) is 5.26 Å². The van der Waals surface area contributed by atoms with Crippen LogP contribution in [0.25, 0.3) is 0 Å². The number of ketones is 1. The van der Waals surface area contributed by atoms with Gasteiger partial charge in [0.05, 0.1) is 11.6 Å². The predicted molar refractivity (Wildman–Crippen MR) is 71.1 cm³/mol. The van der Waals surface area contributed by atoms with Crippen molar-refractivity contribution in [3.63, 3.8) is 0 Å². The Kier molecular flexibility index (Phi) is 4.52. The molecule has 0 spiro atoms. The minimum atomic E-state index is 0.193. The summed E-state index contributed by atoms with van der Waals surface area (Å²) >= 11 is 0. The molecule has 1 atom stereocenters. The lowest BCUT2D eigenvalue weighted by Gasteiger charge is -2.18. The van der Waals surface area contributed by atoms with E-state index < -0.39 is 0 Å². The largest absolute Gasteiger partial charge is 0.299 e. The fraction of sp³-hybridized carbons (Fsp3) is 0.500. The number of nitrogens with zero attached hydrogens (tertiary/aromatic N) is 1. The van der Waals surface area contributed by atoms with E-state index in [1.165, 1.54) is 24.8 Å². The van der Waals surface area contributed by atoms with Crippen LogP contribution in [-0.2, 0) is 11.2 Å². The first-order valence-corrected chi connectivity index (χ1v) is 6.81. The molecule has 94 valence electrons. The molecule has 1 unspecified atom stereocenters. The molecule has 0 aromatic heterocycles. The molecule has 18 heavy (non-hydrogen) atoms. The average Bonchev–Trinajstić information content (AvgIpc) is 2.39. The molecule has 0 bridgehead atoms. The third kappa shape index (κ3) is 3.43. The lowest BCUT2D eigenvalue weighted by Crippen LogP contribution is -2.18. The van der Waals surface area contributed by atoms with Gasteiger partial charge in [-0.25, -0.2) is 0 Å². The fourth-order valence-corrected chi connectivity index (χ4v) is 2.62. The van der Waals surface area contributed by atoms with Crippen LogP contribution in [0, 0.1) is 17.2 Å².